The maximum absolute atomic E-state index is 11.9. The van der Waals surface area contributed by atoms with E-state index in [1.54, 1.807) is 0 Å². The van der Waals surface area contributed by atoms with Crippen LogP contribution in [0, 0.1) is 6.92 Å². The van der Waals surface area contributed by atoms with Crippen LogP contribution in [-0.4, -0.2) is 28.9 Å². The molecular weight excluding hydrogens is 268 g/mol. The van der Waals surface area contributed by atoms with Gasteiger partial charge in [-0.1, -0.05) is 17.7 Å². The van der Waals surface area contributed by atoms with Crippen LogP contribution in [0.5, 0.6) is 0 Å². The predicted octanol–water partition coefficient (Wildman–Crippen LogP) is 2.37. The first-order valence-electron chi connectivity index (χ1n) is 6.74. The van der Waals surface area contributed by atoms with Crippen molar-refractivity contribution in [2.24, 2.45) is 0 Å². The second-order valence-corrected chi connectivity index (χ2v) is 5.15. The number of aryl methyl sites for hydroxylation is 1. The minimum atomic E-state index is -0.506. The van der Waals surface area contributed by atoms with Crippen LogP contribution in [0.1, 0.15) is 29.8 Å². The highest BCUT2D eigenvalue weighted by Gasteiger charge is 2.24. The molecule has 0 aliphatic rings. The van der Waals surface area contributed by atoms with E-state index in [0.29, 0.717) is 5.82 Å². The van der Waals surface area contributed by atoms with Crippen LogP contribution in [0.4, 0.5) is 11.6 Å². The van der Waals surface area contributed by atoms with Crippen molar-refractivity contribution in [1.29, 1.82) is 0 Å². The number of anilines is 2. The monoisotopic (exact) mass is 288 g/mol. The Bertz CT molecular complexity index is 644. The third kappa shape index (κ3) is 2.99. The molecule has 1 aromatic carbocycles. The topological polar surface area (TPSA) is 82.2 Å². The minimum Gasteiger partial charge on any atom is -0.465 e. The number of carbonyl (C=O) groups excluding carboxylic acids is 1. The number of nitrogen functional groups attached to an aromatic ring is 1. The van der Waals surface area contributed by atoms with Crippen LogP contribution < -0.4 is 11.1 Å². The van der Waals surface area contributed by atoms with Crippen molar-refractivity contribution in [2.75, 3.05) is 18.2 Å². The van der Waals surface area contributed by atoms with Gasteiger partial charge >= 0.3 is 5.97 Å². The van der Waals surface area contributed by atoms with Gasteiger partial charge in [-0.25, -0.2) is 9.48 Å². The molecule has 1 aromatic heterocycles. The van der Waals surface area contributed by atoms with Crippen molar-refractivity contribution in [3.05, 3.63) is 35.4 Å². The van der Waals surface area contributed by atoms with Gasteiger partial charge in [0, 0.05) is 6.04 Å². The quantitative estimate of drug-likeness (QED) is 0.844. The summed E-state index contributed by atoms with van der Waals surface area (Å²) in [6, 6.07) is 7.85. The number of aromatic nitrogens is 2. The lowest BCUT2D eigenvalue weighted by Gasteiger charge is -2.07. The summed E-state index contributed by atoms with van der Waals surface area (Å²) in [5.74, 6) is 0.179. The summed E-state index contributed by atoms with van der Waals surface area (Å²) in [7, 11) is 1.32. The molecular formula is C15H20N4O2. The molecule has 0 saturated heterocycles. The van der Waals surface area contributed by atoms with Crippen molar-refractivity contribution < 1.29 is 9.53 Å². The molecule has 6 heteroatoms. The second-order valence-electron chi connectivity index (χ2n) is 5.15. The molecule has 2 rings (SSSR count). The number of hydrogen-bond donors (Lipinski definition) is 2. The Balaban J connectivity index is 2.55. The highest BCUT2D eigenvalue weighted by Crippen LogP contribution is 2.26. The zero-order valence-corrected chi connectivity index (χ0v) is 12.7. The first-order chi connectivity index (χ1) is 9.93. The second kappa shape index (κ2) is 5.87. The van der Waals surface area contributed by atoms with Gasteiger partial charge in [-0.2, -0.15) is 0 Å². The average molecular weight is 288 g/mol. The maximum atomic E-state index is 11.9. The Morgan fingerprint density at radius 1 is 1.33 bits per heavy atom. The first-order valence-corrected chi connectivity index (χ1v) is 6.74. The van der Waals surface area contributed by atoms with Crippen LogP contribution in [0.25, 0.3) is 5.69 Å². The summed E-state index contributed by atoms with van der Waals surface area (Å²) < 4.78 is 6.33. The lowest BCUT2D eigenvalue weighted by Crippen LogP contribution is -2.14. The molecule has 0 saturated carbocycles. The summed E-state index contributed by atoms with van der Waals surface area (Å²) in [4.78, 5) is 11.9. The van der Waals surface area contributed by atoms with Crippen LogP contribution in [0.2, 0.25) is 0 Å². The average Bonchev–Trinajstić information content (AvgIpc) is 2.75. The van der Waals surface area contributed by atoms with E-state index >= 15 is 0 Å². The molecule has 0 fully saturated rings. The van der Waals surface area contributed by atoms with E-state index in [2.05, 4.69) is 10.4 Å². The number of ether oxygens (including phenoxy) is 1. The van der Waals surface area contributed by atoms with E-state index in [1.165, 1.54) is 11.8 Å². The minimum absolute atomic E-state index is 0.120. The van der Waals surface area contributed by atoms with E-state index in [0.717, 1.165) is 11.3 Å². The van der Waals surface area contributed by atoms with E-state index < -0.39 is 5.97 Å². The number of methoxy groups -OCH3 is 1. The standard InChI is InChI=1S/C15H20N4O2/c1-9(2)17-14-12(15(20)21-4)13(16)19(18-14)11-7-5-10(3)6-8-11/h5-9H,16H2,1-4H3,(H,17,18). The third-order valence-electron chi connectivity index (χ3n) is 3.01. The van der Waals surface area contributed by atoms with Crippen LogP contribution >= 0.6 is 0 Å². The SMILES string of the molecule is COC(=O)c1c(NC(C)C)nn(-c2ccc(C)cc2)c1N. The van der Waals surface area contributed by atoms with Gasteiger partial charge in [0.1, 0.15) is 11.4 Å². The smallest absolute Gasteiger partial charge is 0.345 e. The van der Waals surface area contributed by atoms with Crippen LogP contribution in [0.15, 0.2) is 24.3 Å². The molecule has 0 spiro atoms. The lowest BCUT2D eigenvalue weighted by molar-refractivity contribution is 0.0603. The van der Waals surface area contributed by atoms with Gasteiger partial charge in [0.15, 0.2) is 5.82 Å². The fourth-order valence-corrected chi connectivity index (χ4v) is 1.99. The highest BCUT2D eigenvalue weighted by atomic mass is 16.5. The summed E-state index contributed by atoms with van der Waals surface area (Å²) in [5, 5.41) is 7.52. The molecule has 0 radical (unpaired) electrons. The predicted molar refractivity (Wildman–Crippen MR) is 82.8 cm³/mol. The summed E-state index contributed by atoms with van der Waals surface area (Å²) in [6.45, 7) is 5.92. The van der Waals surface area contributed by atoms with Crippen molar-refractivity contribution in [1.82, 2.24) is 9.78 Å². The number of rotatable bonds is 4. The van der Waals surface area contributed by atoms with Gasteiger partial charge in [0.25, 0.3) is 0 Å². The van der Waals surface area contributed by atoms with Gasteiger partial charge in [-0.15, -0.1) is 5.10 Å². The Morgan fingerprint density at radius 2 is 1.95 bits per heavy atom. The molecule has 0 aliphatic heterocycles. The zero-order valence-electron chi connectivity index (χ0n) is 12.7. The Labute approximate surface area is 123 Å². The number of hydrogen-bond acceptors (Lipinski definition) is 5. The van der Waals surface area contributed by atoms with E-state index in [-0.39, 0.29) is 17.4 Å². The number of nitrogens with two attached hydrogens (primary N) is 1. The van der Waals surface area contributed by atoms with Crippen LogP contribution in [-0.2, 0) is 4.74 Å². The molecule has 1 heterocycles. The molecule has 6 nitrogen and oxygen atoms in total. The fourth-order valence-electron chi connectivity index (χ4n) is 1.99. The van der Waals surface area contributed by atoms with Crippen molar-refractivity contribution >= 4 is 17.6 Å². The van der Waals surface area contributed by atoms with Crippen molar-refractivity contribution in [2.45, 2.75) is 26.8 Å². The number of carbonyl (C=O) groups is 1. The molecule has 3 N–H and O–H groups in total. The molecule has 112 valence electrons. The number of nitrogens with one attached hydrogen (secondary N) is 1. The summed E-state index contributed by atoms with van der Waals surface area (Å²) in [6.07, 6.45) is 0. The third-order valence-corrected chi connectivity index (χ3v) is 3.01. The van der Waals surface area contributed by atoms with Crippen molar-refractivity contribution in [3.63, 3.8) is 0 Å². The molecule has 0 aliphatic carbocycles. The van der Waals surface area contributed by atoms with Gasteiger partial charge in [-0.05, 0) is 32.9 Å². The molecule has 0 atom stereocenters. The van der Waals surface area contributed by atoms with Crippen molar-refractivity contribution in [3.8, 4) is 5.69 Å². The number of esters is 1. The maximum Gasteiger partial charge on any atom is 0.345 e. The summed E-state index contributed by atoms with van der Waals surface area (Å²) in [5.41, 5.74) is 8.27. The normalized spacial score (nSPS) is 10.7. The van der Waals surface area contributed by atoms with Gasteiger partial charge in [0.05, 0.1) is 12.8 Å². The van der Waals surface area contributed by atoms with Crippen LogP contribution in [0.3, 0.4) is 0 Å². The molecule has 0 amide bonds. The molecule has 2 aromatic rings. The molecule has 0 unspecified atom stereocenters. The van der Waals surface area contributed by atoms with Gasteiger partial charge in [0.2, 0.25) is 0 Å². The number of benzene rings is 1. The van der Waals surface area contributed by atoms with E-state index in [1.807, 2.05) is 45.0 Å². The molecule has 0 bridgehead atoms. The van der Waals surface area contributed by atoms with E-state index in [4.69, 9.17) is 10.5 Å². The Hall–Kier alpha value is -2.50. The molecule has 21 heavy (non-hydrogen) atoms. The highest BCUT2D eigenvalue weighted by molar-refractivity contribution is 6.00. The Kier molecular flexibility index (Phi) is 4.16. The Morgan fingerprint density at radius 3 is 2.48 bits per heavy atom. The summed E-state index contributed by atoms with van der Waals surface area (Å²) >= 11 is 0. The first kappa shape index (κ1) is 14.9. The van der Waals surface area contributed by atoms with Gasteiger partial charge in [-0.3, -0.25) is 0 Å². The van der Waals surface area contributed by atoms with Gasteiger partial charge < -0.3 is 15.8 Å². The lowest BCUT2D eigenvalue weighted by atomic mass is 10.2. The van der Waals surface area contributed by atoms with E-state index in [9.17, 15) is 4.79 Å². The fraction of sp³-hybridized carbons (Fsp3) is 0.333. The number of nitrogens with zero attached hydrogens (tertiary/aromatic N) is 2. The zero-order chi connectivity index (χ0) is 15.6. The largest absolute Gasteiger partial charge is 0.465 e.